The third kappa shape index (κ3) is 2.98. The smallest absolute Gasteiger partial charge is 0.321 e. The van der Waals surface area contributed by atoms with Gasteiger partial charge in [-0.15, -0.1) is 0 Å². The second-order valence-corrected chi connectivity index (χ2v) is 4.49. The van der Waals surface area contributed by atoms with Crippen molar-refractivity contribution in [3.8, 4) is 0 Å². The Kier molecular flexibility index (Phi) is 4.15. The molecule has 1 aromatic carbocycles. The second-order valence-electron chi connectivity index (χ2n) is 4.49. The zero-order valence-corrected chi connectivity index (χ0v) is 10.3. The van der Waals surface area contributed by atoms with Crippen LogP contribution in [-0.2, 0) is 6.54 Å². The number of nitrogens with zero attached hydrogens (tertiary/aromatic N) is 1. The monoisotopic (exact) mass is 251 g/mol. The first-order valence-corrected chi connectivity index (χ1v) is 6.25. The van der Waals surface area contributed by atoms with Gasteiger partial charge in [-0.25, -0.2) is 9.18 Å². The number of benzene rings is 1. The number of carbonyl (C=O) groups is 1. The number of urea groups is 1. The molecule has 3 N–H and O–H groups in total. The SMILES string of the molecule is NCc1cc(NC(=O)N2CCCCC2)ccc1F. The standard InChI is InChI=1S/C13H18FN3O/c14-12-5-4-11(8-10(12)9-15)16-13(18)17-6-2-1-3-7-17/h4-5,8H,1-3,6-7,9,15H2,(H,16,18). The van der Waals surface area contributed by atoms with E-state index < -0.39 is 0 Å². The van der Waals surface area contributed by atoms with Crippen molar-refractivity contribution in [2.45, 2.75) is 25.8 Å². The lowest BCUT2D eigenvalue weighted by Gasteiger charge is -2.26. The number of piperidine rings is 1. The molecule has 1 heterocycles. The molecule has 18 heavy (non-hydrogen) atoms. The van der Waals surface area contributed by atoms with E-state index in [0.29, 0.717) is 11.3 Å². The van der Waals surface area contributed by atoms with E-state index in [1.54, 1.807) is 17.0 Å². The number of carbonyl (C=O) groups excluding carboxylic acids is 1. The number of halogens is 1. The van der Waals surface area contributed by atoms with Crippen LogP contribution in [0.3, 0.4) is 0 Å². The highest BCUT2D eigenvalue weighted by Crippen LogP contribution is 2.16. The van der Waals surface area contributed by atoms with Gasteiger partial charge in [-0.1, -0.05) is 0 Å². The van der Waals surface area contributed by atoms with Gasteiger partial charge in [0.15, 0.2) is 0 Å². The number of anilines is 1. The molecule has 1 aromatic rings. The predicted molar refractivity (Wildman–Crippen MR) is 68.7 cm³/mol. The van der Waals surface area contributed by atoms with Crippen LogP contribution in [0.2, 0.25) is 0 Å². The molecular weight excluding hydrogens is 233 g/mol. The van der Waals surface area contributed by atoms with Gasteiger partial charge in [-0.05, 0) is 37.5 Å². The molecule has 2 rings (SSSR count). The van der Waals surface area contributed by atoms with Gasteiger partial charge in [0, 0.05) is 30.9 Å². The van der Waals surface area contributed by atoms with Crippen molar-refractivity contribution < 1.29 is 9.18 Å². The Bertz CT molecular complexity index is 430. The number of nitrogens with two attached hydrogens (primary N) is 1. The fourth-order valence-corrected chi connectivity index (χ4v) is 2.11. The Hall–Kier alpha value is -1.62. The largest absolute Gasteiger partial charge is 0.326 e. The molecule has 1 aliphatic rings. The van der Waals surface area contributed by atoms with Gasteiger partial charge in [-0.2, -0.15) is 0 Å². The summed E-state index contributed by atoms with van der Waals surface area (Å²) in [5, 5.41) is 2.78. The Morgan fingerprint density at radius 3 is 2.72 bits per heavy atom. The van der Waals surface area contributed by atoms with Crippen LogP contribution >= 0.6 is 0 Å². The van der Waals surface area contributed by atoms with Gasteiger partial charge in [-0.3, -0.25) is 0 Å². The molecule has 98 valence electrons. The van der Waals surface area contributed by atoms with E-state index in [1.165, 1.54) is 12.5 Å². The molecule has 1 aliphatic heterocycles. The third-order valence-corrected chi connectivity index (χ3v) is 3.16. The molecule has 1 saturated heterocycles. The van der Waals surface area contributed by atoms with Crippen molar-refractivity contribution in [2.75, 3.05) is 18.4 Å². The van der Waals surface area contributed by atoms with Crippen LogP contribution in [0, 0.1) is 5.82 Å². The number of nitrogens with one attached hydrogen (secondary N) is 1. The van der Waals surface area contributed by atoms with Crippen molar-refractivity contribution in [3.63, 3.8) is 0 Å². The maximum Gasteiger partial charge on any atom is 0.321 e. The van der Waals surface area contributed by atoms with Crippen LogP contribution in [0.5, 0.6) is 0 Å². The van der Waals surface area contributed by atoms with Gasteiger partial charge in [0.1, 0.15) is 5.82 Å². The van der Waals surface area contributed by atoms with Crippen molar-refractivity contribution in [1.29, 1.82) is 0 Å². The minimum absolute atomic E-state index is 0.121. The highest BCUT2D eigenvalue weighted by Gasteiger charge is 2.16. The number of amides is 2. The van der Waals surface area contributed by atoms with Gasteiger partial charge in [0.25, 0.3) is 0 Å². The molecule has 0 saturated carbocycles. The lowest BCUT2D eigenvalue weighted by Crippen LogP contribution is -2.38. The van der Waals surface area contributed by atoms with Crippen LogP contribution in [0.15, 0.2) is 18.2 Å². The summed E-state index contributed by atoms with van der Waals surface area (Å²) in [4.78, 5) is 13.7. The molecule has 0 aliphatic carbocycles. The van der Waals surface area contributed by atoms with Crippen molar-refractivity contribution in [2.24, 2.45) is 5.73 Å². The molecule has 2 amide bonds. The van der Waals surface area contributed by atoms with E-state index in [0.717, 1.165) is 25.9 Å². The lowest BCUT2D eigenvalue weighted by molar-refractivity contribution is 0.200. The van der Waals surface area contributed by atoms with E-state index >= 15 is 0 Å². The number of likely N-dealkylation sites (tertiary alicyclic amines) is 1. The van der Waals surface area contributed by atoms with Crippen molar-refractivity contribution in [3.05, 3.63) is 29.6 Å². The molecule has 4 nitrogen and oxygen atoms in total. The van der Waals surface area contributed by atoms with E-state index in [1.807, 2.05) is 0 Å². The van der Waals surface area contributed by atoms with E-state index in [9.17, 15) is 9.18 Å². The Morgan fingerprint density at radius 2 is 2.06 bits per heavy atom. The Labute approximate surface area is 106 Å². The Morgan fingerprint density at radius 1 is 1.33 bits per heavy atom. The molecular formula is C13H18FN3O. The summed E-state index contributed by atoms with van der Waals surface area (Å²) in [6, 6.07) is 4.34. The zero-order chi connectivity index (χ0) is 13.0. The minimum Gasteiger partial charge on any atom is -0.326 e. The molecule has 0 radical (unpaired) electrons. The van der Waals surface area contributed by atoms with Crippen LogP contribution in [0.1, 0.15) is 24.8 Å². The molecule has 5 heteroatoms. The third-order valence-electron chi connectivity index (χ3n) is 3.16. The summed E-state index contributed by atoms with van der Waals surface area (Å²) in [7, 11) is 0. The van der Waals surface area contributed by atoms with Crippen LogP contribution in [0.4, 0.5) is 14.9 Å². The van der Waals surface area contributed by atoms with Crippen molar-refractivity contribution in [1.82, 2.24) is 4.90 Å². The van der Waals surface area contributed by atoms with E-state index in [2.05, 4.69) is 5.32 Å². The normalized spacial score (nSPS) is 15.6. The Balaban J connectivity index is 2.02. The lowest BCUT2D eigenvalue weighted by atomic mass is 10.1. The minimum atomic E-state index is -0.339. The number of rotatable bonds is 2. The average molecular weight is 251 g/mol. The van der Waals surface area contributed by atoms with Gasteiger partial charge >= 0.3 is 6.03 Å². The molecule has 0 bridgehead atoms. The first kappa shape index (κ1) is 12.8. The summed E-state index contributed by atoms with van der Waals surface area (Å²) in [5.74, 6) is -0.339. The maximum absolute atomic E-state index is 13.3. The second kappa shape index (κ2) is 5.82. The predicted octanol–water partition coefficient (Wildman–Crippen LogP) is 2.30. The first-order chi connectivity index (χ1) is 8.70. The fraction of sp³-hybridized carbons (Fsp3) is 0.462. The maximum atomic E-state index is 13.3. The summed E-state index contributed by atoms with van der Waals surface area (Å²) in [6.45, 7) is 1.70. The highest BCUT2D eigenvalue weighted by atomic mass is 19.1. The summed E-state index contributed by atoms with van der Waals surface area (Å²) in [6.07, 6.45) is 3.27. The van der Waals surface area contributed by atoms with E-state index in [4.69, 9.17) is 5.73 Å². The molecule has 0 unspecified atom stereocenters. The number of hydrogen-bond acceptors (Lipinski definition) is 2. The van der Waals surface area contributed by atoms with Crippen LogP contribution < -0.4 is 11.1 Å². The van der Waals surface area contributed by atoms with E-state index in [-0.39, 0.29) is 18.4 Å². The summed E-state index contributed by atoms with van der Waals surface area (Å²) in [5.41, 5.74) is 6.43. The van der Waals surface area contributed by atoms with Gasteiger partial charge in [0.05, 0.1) is 0 Å². The number of hydrogen-bond donors (Lipinski definition) is 2. The topological polar surface area (TPSA) is 58.4 Å². The van der Waals surface area contributed by atoms with Crippen LogP contribution in [-0.4, -0.2) is 24.0 Å². The zero-order valence-electron chi connectivity index (χ0n) is 10.3. The van der Waals surface area contributed by atoms with Gasteiger partial charge in [0.2, 0.25) is 0 Å². The quantitative estimate of drug-likeness (QED) is 0.847. The average Bonchev–Trinajstić information content (AvgIpc) is 2.42. The van der Waals surface area contributed by atoms with Crippen LogP contribution in [0.25, 0.3) is 0 Å². The summed E-state index contributed by atoms with van der Waals surface area (Å²) < 4.78 is 13.3. The van der Waals surface area contributed by atoms with Crippen molar-refractivity contribution >= 4 is 11.7 Å². The molecule has 1 fully saturated rings. The fourth-order valence-electron chi connectivity index (χ4n) is 2.11. The molecule has 0 spiro atoms. The molecule has 0 aromatic heterocycles. The molecule has 0 atom stereocenters. The summed E-state index contributed by atoms with van der Waals surface area (Å²) >= 11 is 0. The highest BCUT2D eigenvalue weighted by molar-refractivity contribution is 5.89. The first-order valence-electron chi connectivity index (χ1n) is 6.25. The van der Waals surface area contributed by atoms with Gasteiger partial charge < -0.3 is 16.0 Å².